The highest BCUT2D eigenvalue weighted by Crippen LogP contribution is 2.18. The van der Waals surface area contributed by atoms with Crippen molar-refractivity contribution in [3.63, 3.8) is 0 Å². The number of carboxylic acids is 1. The van der Waals surface area contributed by atoms with Crippen molar-refractivity contribution in [3.05, 3.63) is 0 Å². The number of carbonyl (C=O) groups is 3. The summed E-state index contributed by atoms with van der Waals surface area (Å²) in [7, 11) is 1.32. The SMILES string of the molecule is CCC(C)C(NC(=O)N1CCCC(C(=O)OC)C1)C(=O)O. The lowest BCUT2D eigenvalue weighted by molar-refractivity contribution is -0.147. The normalized spacial score (nSPS) is 21.3. The number of piperidine rings is 1. The largest absolute Gasteiger partial charge is 0.480 e. The van der Waals surface area contributed by atoms with Gasteiger partial charge in [-0.05, 0) is 18.8 Å². The Morgan fingerprint density at radius 2 is 2.10 bits per heavy atom. The van der Waals surface area contributed by atoms with Crippen molar-refractivity contribution in [1.29, 1.82) is 0 Å². The van der Waals surface area contributed by atoms with Gasteiger partial charge in [-0.25, -0.2) is 9.59 Å². The number of methoxy groups -OCH3 is 1. The van der Waals surface area contributed by atoms with Gasteiger partial charge in [0.15, 0.2) is 0 Å². The number of nitrogens with zero attached hydrogens (tertiary/aromatic N) is 1. The second kappa shape index (κ2) is 7.85. The van der Waals surface area contributed by atoms with Crippen LogP contribution in [0.1, 0.15) is 33.1 Å². The smallest absolute Gasteiger partial charge is 0.326 e. The fourth-order valence-corrected chi connectivity index (χ4v) is 2.43. The van der Waals surface area contributed by atoms with E-state index in [4.69, 9.17) is 4.74 Å². The Balaban J connectivity index is 2.65. The molecule has 1 aliphatic rings. The number of aliphatic carboxylic acids is 1. The van der Waals surface area contributed by atoms with E-state index in [1.807, 2.05) is 6.92 Å². The summed E-state index contributed by atoms with van der Waals surface area (Å²) < 4.78 is 4.70. The van der Waals surface area contributed by atoms with E-state index in [9.17, 15) is 19.5 Å². The predicted octanol–water partition coefficient (Wildman–Crippen LogP) is 1.08. The molecule has 3 unspecified atom stereocenters. The molecule has 1 heterocycles. The van der Waals surface area contributed by atoms with Gasteiger partial charge in [0.05, 0.1) is 13.0 Å². The second-order valence-corrected chi connectivity index (χ2v) is 5.46. The van der Waals surface area contributed by atoms with E-state index in [-0.39, 0.29) is 24.3 Å². The van der Waals surface area contributed by atoms with E-state index in [0.29, 0.717) is 25.8 Å². The van der Waals surface area contributed by atoms with Gasteiger partial charge in [0.2, 0.25) is 0 Å². The lowest BCUT2D eigenvalue weighted by atomic mass is 9.98. The van der Waals surface area contributed by atoms with Crippen LogP contribution in [0.3, 0.4) is 0 Å². The van der Waals surface area contributed by atoms with Gasteiger partial charge in [-0.2, -0.15) is 0 Å². The number of ether oxygens (including phenoxy) is 1. The molecule has 2 amide bonds. The van der Waals surface area contributed by atoms with Crippen LogP contribution in [0.15, 0.2) is 0 Å². The fourth-order valence-electron chi connectivity index (χ4n) is 2.43. The highest BCUT2D eigenvalue weighted by molar-refractivity contribution is 5.83. The summed E-state index contributed by atoms with van der Waals surface area (Å²) in [5.74, 6) is -1.86. The molecule has 0 saturated carbocycles. The Labute approximate surface area is 124 Å². The molecule has 0 aromatic carbocycles. The molecule has 21 heavy (non-hydrogen) atoms. The number of carbonyl (C=O) groups excluding carboxylic acids is 2. The van der Waals surface area contributed by atoms with E-state index >= 15 is 0 Å². The summed E-state index contributed by atoms with van der Waals surface area (Å²) in [6.07, 6.45) is 2.04. The Hall–Kier alpha value is -1.79. The first-order chi connectivity index (χ1) is 9.90. The summed E-state index contributed by atoms with van der Waals surface area (Å²) in [5.41, 5.74) is 0. The van der Waals surface area contributed by atoms with Crippen molar-refractivity contribution in [2.75, 3.05) is 20.2 Å². The van der Waals surface area contributed by atoms with E-state index in [2.05, 4.69) is 5.32 Å². The van der Waals surface area contributed by atoms with E-state index in [1.54, 1.807) is 6.92 Å². The van der Waals surface area contributed by atoms with Crippen LogP contribution in [0.5, 0.6) is 0 Å². The molecule has 7 heteroatoms. The third kappa shape index (κ3) is 4.61. The van der Waals surface area contributed by atoms with Gasteiger partial charge < -0.3 is 20.1 Å². The number of urea groups is 1. The molecular weight excluding hydrogens is 276 g/mol. The molecule has 1 rings (SSSR count). The molecule has 0 radical (unpaired) electrons. The molecule has 0 aromatic heterocycles. The number of carboxylic acid groups (broad SMARTS) is 1. The van der Waals surface area contributed by atoms with E-state index in [0.717, 1.165) is 0 Å². The molecule has 1 fully saturated rings. The number of likely N-dealkylation sites (tertiary alicyclic amines) is 1. The van der Waals surface area contributed by atoms with Gasteiger partial charge >= 0.3 is 18.0 Å². The number of esters is 1. The summed E-state index contributed by atoms with van der Waals surface area (Å²) in [5, 5.41) is 11.7. The third-order valence-corrected chi connectivity index (χ3v) is 4.00. The predicted molar refractivity (Wildman–Crippen MR) is 75.7 cm³/mol. The first-order valence-electron chi connectivity index (χ1n) is 7.26. The van der Waals surface area contributed by atoms with Crippen LogP contribution in [0.2, 0.25) is 0 Å². The van der Waals surface area contributed by atoms with Gasteiger partial charge in [-0.3, -0.25) is 4.79 Å². The Morgan fingerprint density at radius 3 is 2.62 bits per heavy atom. The lowest BCUT2D eigenvalue weighted by Crippen LogP contribution is -2.53. The van der Waals surface area contributed by atoms with Crippen molar-refractivity contribution in [3.8, 4) is 0 Å². The summed E-state index contributed by atoms with van der Waals surface area (Å²) in [6, 6.07) is -1.35. The van der Waals surface area contributed by atoms with Crippen LogP contribution in [-0.4, -0.2) is 54.2 Å². The zero-order valence-electron chi connectivity index (χ0n) is 12.8. The molecule has 1 aliphatic heterocycles. The van der Waals surface area contributed by atoms with Gasteiger partial charge in [0, 0.05) is 13.1 Å². The monoisotopic (exact) mass is 300 g/mol. The van der Waals surface area contributed by atoms with Gasteiger partial charge in [0.1, 0.15) is 6.04 Å². The highest BCUT2D eigenvalue weighted by atomic mass is 16.5. The summed E-state index contributed by atoms with van der Waals surface area (Å²) >= 11 is 0. The molecule has 0 aromatic rings. The first-order valence-corrected chi connectivity index (χ1v) is 7.26. The average molecular weight is 300 g/mol. The van der Waals surface area contributed by atoms with Crippen LogP contribution < -0.4 is 5.32 Å². The maximum absolute atomic E-state index is 12.2. The Morgan fingerprint density at radius 1 is 1.43 bits per heavy atom. The molecule has 0 aliphatic carbocycles. The minimum atomic E-state index is -1.04. The highest BCUT2D eigenvalue weighted by Gasteiger charge is 2.32. The maximum Gasteiger partial charge on any atom is 0.326 e. The van der Waals surface area contributed by atoms with Crippen molar-refractivity contribution in [2.45, 2.75) is 39.2 Å². The number of hydrogen-bond donors (Lipinski definition) is 2. The first kappa shape index (κ1) is 17.3. The lowest BCUT2D eigenvalue weighted by Gasteiger charge is -2.33. The van der Waals surface area contributed by atoms with Crippen LogP contribution in [0.4, 0.5) is 4.79 Å². The van der Waals surface area contributed by atoms with Crippen molar-refractivity contribution in [1.82, 2.24) is 10.2 Å². The molecule has 3 atom stereocenters. The second-order valence-electron chi connectivity index (χ2n) is 5.46. The average Bonchev–Trinajstić information content (AvgIpc) is 2.50. The number of rotatable bonds is 5. The van der Waals surface area contributed by atoms with Gasteiger partial charge in [0.25, 0.3) is 0 Å². The van der Waals surface area contributed by atoms with Crippen molar-refractivity contribution in [2.24, 2.45) is 11.8 Å². The third-order valence-electron chi connectivity index (χ3n) is 4.00. The minimum absolute atomic E-state index is 0.160. The molecule has 2 N–H and O–H groups in total. The van der Waals surface area contributed by atoms with Gasteiger partial charge in [-0.1, -0.05) is 20.3 Å². The summed E-state index contributed by atoms with van der Waals surface area (Å²) in [6.45, 7) is 4.45. The fraction of sp³-hybridized carbons (Fsp3) is 0.786. The van der Waals surface area contributed by atoms with Crippen molar-refractivity contribution >= 4 is 18.0 Å². The molecule has 120 valence electrons. The molecular formula is C14H24N2O5. The summed E-state index contributed by atoms with van der Waals surface area (Å²) in [4.78, 5) is 36.5. The van der Waals surface area contributed by atoms with E-state index in [1.165, 1.54) is 12.0 Å². The number of hydrogen-bond acceptors (Lipinski definition) is 4. The maximum atomic E-state index is 12.2. The quantitative estimate of drug-likeness (QED) is 0.741. The minimum Gasteiger partial charge on any atom is -0.480 e. The van der Waals surface area contributed by atoms with Crippen LogP contribution in [0, 0.1) is 11.8 Å². The zero-order chi connectivity index (χ0) is 16.0. The molecule has 0 bridgehead atoms. The van der Waals surface area contributed by atoms with Crippen LogP contribution >= 0.6 is 0 Å². The molecule has 7 nitrogen and oxygen atoms in total. The molecule has 1 saturated heterocycles. The van der Waals surface area contributed by atoms with E-state index < -0.39 is 18.0 Å². The van der Waals surface area contributed by atoms with Crippen LogP contribution in [0.25, 0.3) is 0 Å². The molecule has 0 spiro atoms. The number of nitrogens with one attached hydrogen (secondary N) is 1. The topological polar surface area (TPSA) is 95.9 Å². The Bertz CT molecular complexity index is 399. The van der Waals surface area contributed by atoms with Crippen molar-refractivity contribution < 1.29 is 24.2 Å². The van der Waals surface area contributed by atoms with Crippen LogP contribution in [-0.2, 0) is 14.3 Å². The number of amides is 2. The standard InChI is InChI=1S/C14H24N2O5/c1-4-9(2)11(12(17)18)15-14(20)16-7-5-6-10(8-16)13(19)21-3/h9-11H,4-8H2,1-3H3,(H,15,20)(H,17,18). The van der Waals surface area contributed by atoms with Gasteiger partial charge in [-0.15, -0.1) is 0 Å². The Kier molecular flexibility index (Phi) is 6.45. The zero-order valence-corrected chi connectivity index (χ0v) is 12.8.